The van der Waals surface area contributed by atoms with E-state index >= 15 is 0 Å². The number of hydrogen-bond acceptors (Lipinski definition) is 4. The van der Waals surface area contributed by atoms with Crippen molar-refractivity contribution in [3.05, 3.63) is 80.4 Å². The number of anilines is 2. The lowest BCUT2D eigenvalue weighted by Gasteiger charge is -2.12. The van der Waals surface area contributed by atoms with E-state index < -0.39 is 0 Å². The molecule has 1 heterocycles. The molecule has 138 valence electrons. The summed E-state index contributed by atoms with van der Waals surface area (Å²) in [6, 6.07) is 14.2. The van der Waals surface area contributed by atoms with Gasteiger partial charge in [-0.25, -0.2) is 0 Å². The summed E-state index contributed by atoms with van der Waals surface area (Å²) in [5.41, 5.74) is 3.19. The Morgan fingerprint density at radius 2 is 1.81 bits per heavy atom. The smallest absolute Gasteiger partial charge is 0.307 e. The van der Waals surface area contributed by atoms with Crippen LogP contribution in [0.5, 0.6) is 0 Å². The molecule has 0 atom stereocenters. The first kappa shape index (κ1) is 18.6. The molecule has 0 aliphatic carbocycles. The molecule has 0 unspecified atom stereocenters. The van der Waals surface area contributed by atoms with Gasteiger partial charge >= 0.3 is 4.87 Å². The van der Waals surface area contributed by atoms with E-state index in [0.717, 1.165) is 22.6 Å². The molecule has 0 spiro atoms. The van der Waals surface area contributed by atoms with E-state index in [1.165, 1.54) is 4.57 Å². The molecule has 0 aliphatic heterocycles. The Labute approximate surface area is 160 Å². The van der Waals surface area contributed by atoms with Gasteiger partial charge in [-0.05, 0) is 43.7 Å². The van der Waals surface area contributed by atoms with E-state index in [0.29, 0.717) is 16.9 Å². The number of benzene rings is 2. The quantitative estimate of drug-likeness (QED) is 0.711. The SMILES string of the molecule is Cc1cccc(NC(=O)c2ccccc2NC(=O)Cn2c(C)csc2=O)c1. The molecule has 0 fully saturated rings. The maximum absolute atomic E-state index is 12.6. The summed E-state index contributed by atoms with van der Waals surface area (Å²) >= 11 is 1.05. The summed E-state index contributed by atoms with van der Waals surface area (Å²) in [6.45, 7) is 3.62. The van der Waals surface area contributed by atoms with Crippen LogP contribution in [-0.2, 0) is 11.3 Å². The predicted octanol–water partition coefficient (Wildman–Crippen LogP) is 3.42. The minimum Gasteiger partial charge on any atom is -0.324 e. The third-order valence-corrected chi connectivity index (χ3v) is 4.88. The lowest BCUT2D eigenvalue weighted by atomic mass is 10.1. The van der Waals surface area contributed by atoms with Gasteiger partial charge in [0, 0.05) is 16.8 Å². The van der Waals surface area contributed by atoms with Crippen LogP contribution in [0.3, 0.4) is 0 Å². The van der Waals surface area contributed by atoms with Gasteiger partial charge in [-0.3, -0.25) is 19.0 Å². The van der Waals surface area contributed by atoms with Gasteiger partial charge in [0.2, 0.25) is 5.91 Å². The number of nitrogens with one attached hydrogen (secondary N) is 2. The van der Waals surface area contributed by atoms with Gasteiger partial charge in [0.25, 0.3) is 5.91 Å². The number of hydrogen-bond donors (Lipinski definition) is 2. The number of nitrogens with zero attached hydrogens (tertiary/aromatic N) is 1. The van der Waals surface area contributed by atoms with E-state index in [1.807, 2.05) is 25.1 Å². The standard InChI is InChI=1S/C20H19N3O3S/c1-13-6-5-7-15(10-13)21-19(25)16-8-3-4-9-17(16)22-18(24)11-23-14(2)12-27-20(23)26/h3-10,12H,11H2,1-2H3,(H,21,25)(H,22,24). The van der Waals surface area contributed by atoms with Crippen LogP contribution in [0.25, 0.3) is 0 Å². The van der Waals surface area contributed by atoms with Crippen molar-refractivity contribution in [2.24, 2.45) is 0 Å². The number of aryl methyl sites for hydroxylation is 2. The first-order valence-corrected chi connectivity index (χ1v) is 9.24. The lowest BCUT2D eigenvalue weighted by molar-refractivity contribution is -0.116. The van der Waals surface area contributed by atoms with E-state index in [9.17, 15) is 14.4 Å². The van der Waals surface area contributed by atoms with Crippen molar-refractivity contribution in [3.8, 4) is 0 Å². The summed E-state index contributed by atoms with van der Waals surface area (Å²) in [5.74, 6) is -0.685. The molecule has 0 bridgehead atoms. The Morgan fingerprint density at radius 3 is 2.52 bits per heavy atom. The molecule has 3 rings (SSSR count). The van der Waals surface area contributed by atoms with Gasteiger partial charge in [0.1, 0.15) is 6.54 Å². The minimum absolute atomic E-state index is 0.0952. The van der Waals surface area contributed by atoms with Crippen LogP contribution in [0, 0.1) is 13.8 Å². The fourth-order valence-electron chi connectivity index (χ4n) is 2.64. The van der Waals surface area contributed by atoms with Crippen molar-refractivity contribution < 1.29 is 9.59 Å². The lowest BCUT2D eigenvalue weighted by Crippen LogP contribution is -2.26. The average molecular weight is 381 g/mol. The molecule has 3 aromatic rings. The summed E-state index contributed by atoms with van der Waals surface area (Å²) in [6.07, 6.45) is 0. The van der Waals surface area contributed by atoms with Crippen molar-refractivity contribution in [1.82, 2.24) is 4.57 Å². The van der Waals surface area contributed by atoms with Crippen LogP contribution in [-0.4, -0.2) is 16.4 Å². The second kappa shape index (κ2) is 8.01. The van der Waals surface area contributed by atoms with Crippen LogP contribution < -0.4 is 15.5 Å². The van der Waals surface area contributed by atoms with Crippen molar-refractivity contribution >= 4 is 34.5 Å². The summed E-state index contributed by atoms with van der Waals surface area (Å²) in [4.78, 5) is 36.6. The molecule has 6 nitrogen and oxygen atoms in total. The highest BCUT2D eigenvalue weighted by atomic mass is 32.1. The van der Waals surface area contributed by atoms with E-state index in [2.05, 4.69) is 10.6 Å². The number of amides is 2. The van der Waals surface area contributed by atoms with Crippen LogP contribution in [0.15, 0.2) is 58.7 Å². The number of thiazole rings is 1. The van der Waals surface area contributed by atoms with Crippen LogP contribution in [0.1, 0.15) is 21.6 Å². The Balaban J connectivity index is 1.76. The molecule has 2 N–H and O–H groups in total. The van der Waals surface area contributed by atoms with Crippen LogP contribution in [0.2, 0.25) is 0 Å². The highest BCUT2D eigenvalue weighted by Gasteiger charge is 2.15. The van der Waals surface area contributed by atoms with E-state index in [4.69, 9.17) is 0 Å². The number of rotatable bonds is 5. The maximum atomic E-state index is 12.6. The van der Waals surface area contributed by atoms with Crippen molar-refractivity contribution in [2.45, 2.75) is 20.4 Å². The molecule has 0 saturated carbocycles. The first-order valence-electron chi connectivity index (χ1n) is 8.36. The Hall–Kier alpha value is -3.19. The monoisotopic (exact) mass is 381 g/mol. The zero-order valence-corrected chi connectivity index (χ0v) is 15.8. The van der Waals surface area contributed by atoms with Gasteiger partial charge in [0.05, 0.1) is 11.3 Å². The number of para-hydroxylation sites is 1. The molecule has 27 heavy (non-hydrogen) atoms. The van der Waals surface area contributed by atoms with Gasteiger partial charge in [-0.2, -0.15) is 0 Å². The Kier molecular flexibility index (Phi) is 5.52. The zero-order chi connectivity index (χ0) is 19.4. The average Bonchev–Trinajstić information content (AvgIpc) is 2.94. The van der Waals surface area contributed by atoms with Crippen LogP contribution in [0.4, 0.5) is 11.4 Å². The minimum atomic E-state index is -0.366. The zero-order valence-electron chi connectivity index (χ0n) is 15.0. The first-order chi connectivity index (χ1) is 12.9. The highest BCUT2D eigenvalue weighted by molar-refractivity contribution is 7.07. The molecular weight excluding hydrogens is 362 g/mol. The molecule has 1 aromatic heterocycles. The van der Waals surface area contributed by atoms with Crippen molar-refractivity contribution in [2.75, 3.05) is 10.6 Å². The molecular formula is C20H19N3O3S. The van der Waals surface area contributed by atoms with E-state index in [-0.39, 0.29) is 23.2 Å². The molecule has 0 radical (unpaired) electrons. The molecule has 2 amide bonds. The van der Waals surface area contributed by atoms with Gasteiger partial charge in [0.15, 0.2) is 0 Å². The third kappa shape index (κ3) is 4.51. The maximum Gasteiger partial charge on any atom is 0.307 e. The summed E-state index contributed by atoms with van der Waals surface area (Å²) in [5, 5.41) is 7.27. The third-order valence-electron chi connectivity index (χ3n) is 4.00. The van der Waals surface area contributed by atoms with E-state index in [1.54, 1.807) is 42.6 Å². The Bertz CT molecular complexity index is 1050. The number of aromatic nitrogens is 1. The Morgan fingerprint density at radius 1 is 1.04 bits per heavy atom. The molecule has 0 saturated heterocycles. The molecule has 7 heteroatoms. The summed E-state index contributed by atoms with van der Waals surface area (Å²) in [7, 11) is 0. The predicted molar refractivity (Wildman–Crippen MR) is 108 cm³/mol. The van der Waals surface area contributed by atoms with Gasteiger partial charge < -0.3 is 10.6 Å². The number of carbonyl (C=O) groups is 2. The topological polar surface area (TPSA) is 80.2 Å². The van der Waals surface area contributed by atoms with Crippen molar-refractivity contribution in [3.63, 3.8) is 0 Å². The van der Waals surface area contributed by atoms with Gasteiger partial charge in [-0.15, -0.1) is 0 Å². The van der Waals surface area contributed by atoms with Gasteiger partial charge in [-0.1, -0.05) is 35.6 Å². The van der Waals surface area contributed by atoms with Crippen LogP contribution >= 0.6 is 11.3 Å². The normalized spacial score (nSPS) is 10.4. The van der Waals surface area contributed by atoms with Crippen molar-refractivity contribution in [1.29, 1.82) is 0 Å². The fraction of sp³-hybridized carbons (Fsp3) is 0.150. The fourth-order valence-corrected chi connectivity index (χ4v) is 3.38. The molecule has 0 aliphatic rings. The highest BCUT2D eigenvalue weighted by Crippen LogP contribution is 2.18. The summed E-state index contributed by atoms with van der Waals surface area (Å²) < 4.78 is 1.40. The molecule has 2 aromatic carbocycles. The second-order valence-electron chi connectivity index (χ2n) is 6.15. The largest absolute Gasteiger partial charge is 0.324 e. The second-order valence-corrected chi connectivity index (χ2v) is 6.97. The number of carbonyl (C=O) groups excluding carboxylic acids is 2.